The lowest BCUT2D eigenvalue weighted by Crippen LogP contribution is -2.28. The smallest absolute Gasteiger partial charge is 0.345 e. The van der Waals surface area contributed by atoms with Crippen LogP contribution in [0, 0.1) is 6.92 Å². The number of halogens is 3. The Morgan fingerprint density at radius 2 is 1.83 bits per heavy atom. The molecule has 1 atom stereocenters. The van der Waals surface area contributed by atoms with Crippen LogP contribution in [0.2, 0.25) is 0 Å². The molecule has 0 saturated carbocycles. The van der Waals surface area contributed by atoms with Gasteiger partial charge in [-0.15, -0.1) is 0 Å². The number of carbonyl (C=O) groups excluding carboxylic acids is 1. The van der Waals surface area contributed by atoms with E-state index < -0.39 is 17.8 Å². The van der Waals surface area contributed by atoms with Crippen molar-refractivity contribution in [2.24, 2.45) is 0 Å². The number of rotatable bonds is 4. The molecule has 2 aromatic rings. The maximum absolute atomic E-state index is 12.5. The average molecular weight is 322 g/mol. The minimum atomic E-state index is -4.51. The maximum Gasteiger partial charge on any atom is 0.433 e. The number of amides is 1. The second-order valence-corrected chi connectivity index (χ2v) is 5.27. The Bertz CT molecular complexity index is 664. The fraction of sp³-hybridized carbons (Fsp3) is 0.294. The van der Waals surface area contributed by atoms with Crippen molar-refractivity contribution >= 4 is 5.91 Å². The molecule has 0 aliphatic heterocycles. The Hall–Kier alpha value is -2.37. The van der Waals surface area contributed by atoms with E-state index >= 15 is 0 Å². The van der Waals surface area contributed by atoms with Crippen molar-refractivity contribution in [1.29, 1.82) is 0 Å². The lowest BCUT2D eigenvalue weighted by atomic mass is 10.0. The molecule has 6 heteroatoms. The number of nitrogens with zero attached hydrogens (tertiary/aromatic N) is 1. The lowest BCUT2D eigenvalue weighted by molar-refractivity contribution is -0.141. The van der Waals surface area contributed by atoms with Crippen molar-refractivity contribution in [3.63, 3.8) is 0 Å². The van der Waals surface area contributed by atoms with Gasteiger partial charge in [-0.3, -0.25) is 9.78 Å². The van der Waals surface area contributed by atoms with E-state index in [1.165, 1.54) is 0 Å². The SMILES string of the molecule is CCC(NC(=O)c1ccc(C(F)(F)F)nc1)c1ccc(C)cc1. The monoisotopic (exact) mass is 322 g/mol. The quantitative estimate of drug-likeness (QED) is 0.912. The van der Waals surface area contributed by atoms with Gasteiger partial charge < -0.3 is 5.32 Å². The largest absolute Gasteiger partial charge is 0.433 e. The minimum Gasteiger partial charge on any atom is -0.345 e. The van der Waals surface area contributed by atoms with E-state index in [-0.39, 0.29) is 11.6 Å². The van der Waals surface area contributed by atoms with Crippen LogP contribution >= 0.6 is 0 Å². The number of pyridine rings is 1. The molecule has 1 N–H and O–H groups in total. The number of alkyl halides is 3. The summed E-state index contributed by atoms with van der Waals surface area (Å²) in [5, 5.41) is 2.82. The molecular weight excluding hydrogens is 305 g/mol. The fourth-order valence-corrected chi connectivity index (χ4v) is 2.16. The maximum atomic E-state index is 12.5. The molecule has 1 unspecified atom stereocenters. The van der Waals surface area contributed by atoms with Crippen LogP contribution in [0.1, 0.15) is 46.6 Å². The number of hydrogen-bond donors (Lipinski definition) is 1. The Labute approximate surface area is 132 Å². The topological polar surface area (TPSA) is 42.0 Å². The number of carbonyl (C=O) groups is 1. The molecule has 0 aliphatic rings. The summed E-state index contributed by atoms with van der Waals surface area (Å²) >= 11 is 0. The van der Waals surface area contributed by atoms with Crippen LogP contribution < -0.4 is 5.32 Å². The number of aromatic nitrogens is 1. The fourth-order valence-electron chi connectivity index (χ4n) is 2.16. The highest BCUT2D eigenvalue weighted by atomic mass is 19.4. The first-order chi connectivity index (χ1) is 10.8. The molecule has 1 aromatic heterocycles. The molecule has 0 fully saturated rings. The average Bonchev–Trinajstić information content (AvgIpc) is 2.52. The van der Waals surface area contributed by atoms with Crippen molar-refractivity contribution in [2.75, 3.05) is 0 Å². The Balaban J connectivity index is 2.12. The van der Waals surface area contributed by atoms with Gasteiger partial charge in [0, 0.05) is 6.20 Å². The molecule has 0 saturated heterocycles. The highest BCUT2D eigenvalue weighted by Crippen LogP contribution is 2.27. The predicted molar refractivity (Wildman–Crippen MR) is 80.9 cm³/mol. The molecule has 1 heterocycles. The third-order valence-corrected chi connectivity index (χ3v) is 3.51. The van der Waals surface area contributed by atoms with Gasteiger partial charge >= 0.3 is 6.18 Å². The van der Waals surface area contributed by atoms with Gasteiger partial charge in [-0.2, -0.15) is 13.2 Å². The number of hydrogen-bond acceptors (Lipinski definition) is 2. The van der Waals surface area contributed by atoms with Crippen molar-refractivity contribution in [3.05, 3.63) is 65.0 Å². The summed E-state index contributed by atoms with van der Waals surface area (Å²) in [5.74, 6) is -0.446. The van der Waals surface area contributed by atoms with Crippen molar-refractivity contribution in [2.45, 2.75) is 32.5 Å². The summed E-state index contributed by atoms with van der Waals surface area (Å²) in [4.78, 5) is 15.5. The van der Waals surface area contributed by atoms with Gasteiger partial charge in [0.2, 0.25) is 0 Å². The lowest BCUT2D eigenvalue weighted by Gasteiger charge is -2.18. The van der Waals surface area contributed by atoms with Gasteiger partial charge in [-0.1, -0.05) is 36.8 Å². The summed E-state index contributed by atoms with van der Waals surface area (Å²) < 4.78 is 37.4. The first-order valence-corrected chi connectivity index (χ1v) is 7.22. The zero-order valence-electron chi connectivity index (χ0n) is 12.8. The molecule has 3 nitrogen and oxygen atoms in total. The summed E-state index contributed by atoms with van der Waals surface area (Å²) in [6.45, 7) is 3.90. The van der Waals surface area contributed by atoms with E-state index in [1.54, 1.807) is 0 Å². The third kappa shape index (κ3) is 4.31. The third-order valence-electron chi connectivity index (χ3n) is 3.51. The van der Waals surface area contributed by atoms with Crippen molar-refractivity contribution in [1.82, 2.24) is 10.3 Å². The molecule has 0 aliphatic carbocycles. The Morgan fingerprint density at radius 3 is 2.30 bits per heavy atom. The van der Waals surface area contributed by atoms with Gasteiger partial charge in [0.05, 0.1) is 11.6 Å². The van der Waals surface area contributed by atoms with Gasteiger partial charge in [0.1, 0.15) is 5.69 Å². The zero-order chi connectivity index (χ0) is 17.0. The number of benzene rings is 1. The van der Waals surface area contributed by atoms with E-state index in [2.05, 4.69) is 10.3 Å². The van der Waals surface area contributed by atoms with Crippen LogP contribution in [0.4, 0.5) is 13.2 Å². The van der Waals surface area contributed by atoms with Crippen LogP contribution in [0.25, 0.3) is 0 Å². The highest BCUT2D eigenvalue weighted by molar-refractivity contribution is 5.94. The summed E-state index contributed by atoms with van der Waals surface area (Å²) in [7, 11) is 0. The molecule has 0 radical (unpaired) electrons. The molecule has 1 aromatic carbocycles. The van der Waals surface area contributed by atoms with Crippen LogP contribution in [0.3, 0.4) is 0 Å². The van der Waals surface area contributed by atoms with E-state index in [9.17, 15) is 18.0 Å². The highest BCUT2D eigenvalue weighted by Gasteiger charge is 2.32. The van der Waals surface area contributed by atoms with E-state index in [4.69, 9.17) is 0 Å². The number of nitrogens with one attached hydrogen (secondary N) is 1. The first-order valence-electron chi connectivity index (χ1n) is 7.22. The molecule has 1 amide bonds. The van der Waals surface area contributed by atoms with E-state index in [1.807, 2.05) is 38.1 Å². The minimum absolute atomic E-state index is 0.101. The van der Waals surface area contributed by atoms with Gasteiger partial charge in [0.25, 0.3) is 5.91 Å². The molecule has 0 spiro atoms. The second-order valence-electron chi connectivity index (χ2n) is 5.27. The molecule has 23 heavy (non-hydrogen) atoms. The second kappa shape index (κ2) is 6.81. The summed E-state index contributed by atoms with van der Waals surface area (Å²) in [5.41, 5.74) is 1.15. The molecular formula is C17H17F3N2O. The van der Waals surface area contributed by atoms with Gasteiger partial charge in [-0.25, -0.2) is 0 Å². The van der Waals surface area contributed by atoms with Crippen LogP contribution in [0.5, 0.6) is 0 Å². The Morgan fingerprint density at radius 1 is 1.17 bits per heavy atom. The van der Waals surface area contributed by atoms with Crippen LogP contribution in [-0.4, -0.2) is 10.9 Å². The van der Waals surface area contributed by atoms with Gasteiger partial charge in [0.15, 0.2) is 0 Å². The first kappa shape index (κ1) is 17.0. The molecule has 2 rings (SSSR count). The van der Waals surface area contributed by atoms with Crippen molar-refractivity contribution in [3.8, 4) is 0 Å². The van der Waals surface area contributed by atoms with Crippen molar-refractivity contribution < 1.29 is 18.0 Å². The summed E-state index contributed by atoms with van der Waals surface area (Å²) in [6, 6.07) is 9.48. The Kier molecular flexibility index (Phi) is 5.03. The molecule has 122 valence electrons. The number of aryl methyl sites for hydroxylation is 1. The predicted octanol–water partition coefficient (Wildman–Crippen LogP) is 4.29. The van der Waals surface area contributed by atoms with E-state index in [0.717, 1.165) is 29.5 Å². The zero-order valence-corrected chi connectivity index (χ0v) is 12.8. The standard InChI is InChI=1S/C17H17F3N2O/c1-3-14(12-6-4-11(2)5-7-12)22-16(23)13-8-9-15(21-10-13)17(18,19)20/h4-10,14H,3H2,1-2H3,(H,22,23). The van der Waals surface area contributed by atoms with Gasteiger partial charge in [-0.05, 0) is 31.0 Å². The van der Waals surface area contributed by atoms with E-state index in [0.29, 0.717) is 6.42 Å². The van der Waals surface area contributed by atoms with Crippen LogP contribution in [0.15, 0.2) is 42.6 Å². The molecule has 0 bridgehead atoms. The van der Waals surface area contributed by atoms with Crippen LogP contribution in [-0.2, 0) is 6.18 Å². The summed E-state index contributed by atoms with van der Waals surface area (Å²) in [6.07, 6.45) is -2.90. The normalized spacial score (nSPS) is 12.7.